The zero-order valence-corrected chi connectivity index (χ0v) is 18.0. The number of piperidine rings is 2. The smallest absolute Gasteiger partial charge is 0.224 e. The number of carbonyl (C=O) groups excluding carboxylic acids is 1. The lowest BCUT2D eigenvalue weighted by Gasteiger charge is -2.34. The van der Waals surface area contributed by atoms with Gasteiger partial charge in [-0.2, -0.15) is 0 Å². The average Bonchev–Trinajstić information content (AvgIpc) is 2.79. The van der Waals surface area contributed by atoms with Crippen LogP contribution in [0.5, 0.6) is 0 Å². The number of amides is 1. The highest BCUT2D eigenvalue weighted by molar-refractivity contribution is 5.79. The summed E-state index contributed by atoms with van der Waals surface area (Å²) in [7, 11) is 0. The van der Waals surface area contributed by atoms with Crippen LogP contribution >= 0.6 is 0 Å². The standard InChI is InChI=1S/C23H37N5O/c1-18-11-14-27(15-12-18)21-9-10-22(26-25-21)28-13-5-8-20(17-28)23(29)24-16-19-6-3-2-4-7-19/h9-10,18-20H,2-8,11-17H2,1H3,(H,24,29)/t20-/m0/s1. The molecule has 3 fully saturated rings. The molecular weight excluding hydrogens is 362 g/mol. The first-order valence-corrected chi connectivity index (χ1v) is 11.8. The fourth-order valence-corrected chi connectivity index (χ4v) is 5.07. The van der Waals surface area contributed by atoms with Gasteiger partial charge in [-0.1, -0.05) is 26.2 Å². The van der Waals surface area contributed by atoms with E-state index in [1.807, 2.05) is 0 Å². The number of aromatic nitrogens is 2. The maximum absolute atomic E-state index is 12.7. The fraction of sp³-hybridized carbons (Fsp3) is 0.783. The van der Waals surface area contributed by atoms with Crippen molar-refractivity contribution >= 4 is 17.5 Å². The number of nitrogens with one attached hydrogen (secondary N) is 1. The molecule has 3 heterocycles. The van der Waals surface area contributed by atoms with Crippen LogP contribution in [-0.4, -0.2) is 48.8 Å². The van der Waals surface area contributed by atoms with Gasteiger partial charge in [-0.05, 0) is 62.5 Å². The van der Waals surface area contributed by atoms with E-state index < -0.39 is 0 Å². The minimum absolute atomic E-state index is 0.0670. The molecule has 4 rings (SSSR count). The Balaban J connectivity index is 1.29. The maximum Gasteiger partial charge on any atom is 0.224 e. The summed E-state index contributed by atoms with van der Waals surface area (Å²) in [5, 5.41) is 12.3. The molecule has 2 aliphatic heterocycles. The topological polar surface area (TPSA) is 61.4 Å². The highest BCUT2D eigenvalue weighted by atomic mass is 16.1. The molecule has 0 bridgehead atoms. The van der Waals surface area contributed by atoms with E-state index in [4.69, 9.17) is 0 Å². The van der Waals surface area contributed by atoms with Gasteiger partial charge in [0.05, 0.1) is 5.92 Å². The molecule has 6 heteroatoms. The molecule has 0 unspecified atom stereocenters. The van der Waals surface area contributed by atoms with Gasteiger partial charge in [-0.25, -0.2) is 0 Å². The summed E-state index contributed by atoms with van der Waals surface area (Å²) >= 11 is 0. The van der Waals surface area contributed by atoms with Gasteiger partial charge in [0.1, 0.15) is 0 Å². The van der Waals surface area contributed by atoms with E-state index in [0.29, 0.717) is 5.92 Å². The van der Waals surface area contributed by atoms with Crippen LogP contribution < -0.4 is 15.1 Å². The van der Waals surface area contributed by atoms with Crippen LogP contribution in [0.3, 0.4) is 0 Å². The second-order valence-electron chi connectivity index (χ2n) is 9.45. The summed E-state index contributed by atoms with van der Waals surface area (Å²) in [5.41, 5.74) is 0. The zero-order valence-electron chi connectivity index (χ0n) is 18.0. The molecule has 1 aromatic rings. The van der Waals surface area contributed by atoms with E-state index >= 15 is 0 Å². The van der Waals surface area contributed by atoms with Gasteiger partial charge >= 0.3 is 0 Å². The van der Waals surface area contributed by atoms with Crippen molar-refractivity contribution < 1.29 is 4.79 Å². The van der Waals surface area contributed by atoms with Crippen molar-refractivity contribution in [3.8, 4) is 0 Å². The van der Waals surface area contributed by atoms with Crippen LogP contribution in [0.15, 0.2) is 12.1 Å². The predicted octanol–water partition coefficient (Wildman–Crippen LogP) is 3.63. The Kier molecular flexibility index (Phi) is 6.88. The molecule has 1 aliphatic carbocycles. The van der Waals surface area contributed by atoms with Gasteiger partial charge < -0.3 is 15.1 Å². The lowest BCUT2D eigenvalue weighted by molar-refractivity contribution is -0.125. The molecule has 1 saturated carbocycles. The largest absolute Gasteiger partial charge is 0.356 e. The first kappa shape index (κ1) is 20.4. The predicted molar refractivity (Wildman–Crippen MR) is 117 cm³/mol. The number of anilines is 2. The number of hydrogen-bond donors (Lipinski definition) is 1. The van der Waals surface area contributed by atoms with Crippen molar-refractivity contribution in [2.45, 2.75) is 64.7 Å². The normalized spacial score (nSPS) is 24.5. The van der Waals surface area contributed by atoms with Crippen molar-refractivity contribution in [1.82, 2.24) is 15.5 Å². The molecular formula is C23H37N5O. The number of carbonyl (C=O) groups is 1. The summed E-state index contributed by atoms with van der Waals surface area (Å²) in [6, 6.07) is 4.19. The van der Waals surface area contributed by atoms with Gasteiger partial charge in [0.2, 0.25) is 5.91 Å². The lowest BCUT2D eigenvalue weighted by Crippen LogP contribution is -2.44. The Morgan fingerprint density at radius 2 is 1.62 bits per heavy atom. The second-order valence-corrected chi connectivity index (χ2v) is 9.45. The molecule has 29 heavy (non-hydrogen) atoms. The van der Waals surface area contributed by atoms with E-state index in [2.05, 4.69) is 44.4 Å². The molecule has 0 spiro atoms. The van der Waals surface area contributed by atoms with Crippen LogP contribution in [0.4, 0.5) is 11.6 Å². The average molecular weight is 400 g/mol. The zero-order chi connectivity index (χ0) is 20.1. The molecule has 6 nitrogen and oxygen atoms in total. The highest BCUT2D eigenvalue weighted by Gasteiger charge is 2.27. The SMILES string of the molecule is CC1CCN(c2ccc(N3CCC[C@H](C(=O)NCC4CCCCC4)C3)nn2)CC1. The highest BCUT2D eigenvalue weighted by Crippen LogP contribution is 2.26. The van der Waals surface area contributed by atoms with Crippen molar-refractivity contribution in [1.29, 1.82) is 0 Å². The Bertz CT molecular complexity index is 650. The summed E-state index contributed by atoms with van der Waals surface area (Å²) in [4.78, 5) is 17.3. The first-order valence-electron chi connectivity index (χ1n) is 11.8. The molecule has 1 N–H and O–H groups in total. The van der Waals surface area contributed by atoms with Crippen LogP contribution in [0.1, 0.15) is 64.7 Å². The molecule has 1 aromatic heterocycles. The van der Waals surface area contributed by atoms with Crippen molar-refractivity contribution in [3.05, 3.63) is 12.1 Å². The Labute approximate surface area is 175 Å². The monoisotopic (exact) mass is 399 g/mol. The lowest BCUT2D eigenvalue weighted by atomic mass is 9.89. The third kappa shape index (κ3) is 5.40. The number of nitrogens with zero attached hydrogens (tertiary/aromatic N) is 4. The first-order chi connectivity index (χ1) is 14.2. The molecule has 1 amide bonds. The van der Waals surface area contributed by atoms with Crippen LogP contribution in [0.2, 0.25) is 0 Å². The van der Waals surface area contributed by atoms with E-state index in [1.54, 1.807) is 0 Å². The van der Waals surface area contributed by atoms with Gasteiger partial charge in [-0.3, -0.25) is 4.79 Å². The van der Waals surface area contributed by atoms with Gasteiger partial charge in [0, 0.05) is 32.7 Å². The van der Waals surface area contributed by atoms with Gasteiger partial charge in [0.15, 0.2) is 11.6 Å². The van der Waals surface area contributed by atoms with E-state index in [1.165, 1.54) is 44.9 Å². The summed E-state index contributed by atoms with van der Waals surface area (Å²) in [6.07, 6.45) is 11.0. The Morgan fingerprint density at radius 1 is 0.931 bits per heavy atom. The molecule has 0 aromatic carbocycles. The molecule has 160 valence electrons. The quantitative estimate of drug-likeness (QED) is 0.819. The molecule has 0 radical (unpaired) electrons. The Morgan fingerprint density at radius 3 is 2.31 bits per heavy atom. The molecule has 1 atom stereocenters. The Hall–Kier alpha value is -1.85. The summed E-state index contributed by atoms with van der Waals surface area (Å²) in [6.45, 7) is 7.04. The van der Waals surface area contributed by atoms with E-state index in [9.17, 15) is 4.79 Å². The fourth-order valence-electron chi connectivity index (χ4n) is 5.07. The van der Waals surface area contributed by atoms with Crippen LogP contribution in [0.25, 0.3) is 0 Å². The van der Waals surface area contributed by atoms with E-state index in [-0.39, 0.29) is 11.8 Å². The van der Waals surface area contributed by atoms with E-state index in [0.717, 1.165) is 63.1 Å². The number of hydrogen-bond acceptors (Lipinski definition) is 5. The third-order valence-electron chi connectivity index (χ3n) is 7.15. The molecule has 2 saturated heterocycles. The van der Waals surface area contributed by atoms with Crippen LogP contribution in [-0.2, 0) is 4.79 Å². The summed E-state index contributed by atoms with van der Waals surface area (Å²) in [5.74, 6) is 3.68. The van der Waals surface area contributed by atoms with Crippen molar-refractivity contribution in [2.24, 2.45) is 17.8 Å². The van der Waals surface area contributed by atoms with Gasteiger partial charge in [-0.15, -0.1) is 10.2 Å². The summed E-state index contributed by atoms with van der Waals surface area (Å²) < 4.78 is 0. The second kappa shape index (κ2) is 9.77. The van der Waals surface area contributed by atoms with Crippen molar-refractivity contribution in [2.75, 3.05) is 42.5 Å². The van der Waals surface area contributed by atoms with Crippen LogP contribution in [0, 0.1) is 17.8 Å². The number of rotatable bonds is 5. The maximum atomic E-state index is 12.7. The molecule has 3 aliphatic rings. The minimum atomic E-state index is 0.0670. The van der Waals surface area contributed by atoms with Crippen molar-refractivity contribution in [3.63, 3.8) is 0 Å². The minimum Gasteiger partial charge on any atom is -0.356 e. The van der Waals surface area contributed by atoms with Gasteiger partial charge in [0.25, 0.3) is 0 Å². The third-order valence-corrected chi connectivity index (χ3v) is 7.15.